The van der Waals surface area contributed by atoms with E-state index in [0.717, 1.165) is 10.5 Å². The third kappa shape index (κ3) is 6.15. The summed E-state index contributed by atoms with van der Waals surface area (Å²) in [6, 6.07) is 27.2. The molecule has 0 spiro atoms. The lowest BCUT2D eigenvalue weighted by Gasteiger charge is -2.16. The van der Waals surface area contributed by atoms with E-state index in [-0.39, 0.29) is 0 Å². The highest BCUT2D eigenvalue weighted by atomic mass is 32.2. The molecule has 0 saturated carbocycles. The van der Waals surface area contributed by atoms with E-state index >= 15 is 0 Å². The zero-order valence-electron chi connectivity index (χ0n) is 18.0. The molecule has 170 valence electrons. The molecule has 0 amide bonds. The minimum absolute atomic E-state index is 0.317. The van der Waals surface area contributed by atoms with E-state index in [0.29, 0.717) is 27.0 Å². The predicted molar refractivity (Wildman–Crippen MR) is 138 cm³/mol. The predicted octanol–water partition coefficient (Wildman–Crippen LogP) is 7.54. The highest BCUT2D eigenvalue weighted by molar-refractivity contribution is 8.18. The van der Waals surface area contributed by atoms with Gasteiger partial charge in [0.15, 0.2) is 0 Å². The normalized spacial score (nSPS) is 15.6. The average molecular weight is 507 g/mol. The second-order valence-electron chi connectivity index (χ2n) is 6.78. The topological polar surface area (TPSA) is 80.9 Å². The van der Waals surface area contributed by atoms with Crippen LogP contribution in [0.2, 0.25) is 0 Å². The maximum absolute atomic E-state index is 13.4. The number of hydrogen-bond acceptors (Lipinski definition) is 8. The number of para-hydroxylation sites is 2. The molecule has 9 heteroatoms. The van der Waals surface area contributed by atoms with Crippen LogP contribution >= 0.6 is 31.3 Å². The molecule has 4 rings (SSSR count). The molecule has 1 aliphatic heterocycles. The van der Waals surface area contributed by atoms with Crippen molar-refractivity contribution in [2.45, 2.75) is 4.90 Å². The lowest BCUT2D eigenvalue weighted by Crippen LogP contribution is -2.03. The van der Waals surface area contributed by atoms with Gasteiger partial charge in [0, 0.05) is 9.80 Å². The highest BCUT2D eigenvalue weighted by Gasteiger charge is 2.34. The van der Waals surface area contributed by atoms with Crippen LogP contribution in [0.3, 0.4) is 0 Å². The summed E-state index contributed by atoms with van der Waals surface area (Å²) in [4.78, 5) is 1.83. The summed E-state index contributed by atoms with van der Waals surface area (Å²) in [5.41, 5.74) is 1.32. The van der Waals surface area contributed by atoms with Gasteiger partial charge in [-0.2, -0.15) is 9.83 Å². The Morgan fingerprint density at radius 3 is 2.03 bits per heavy atom. The SMILES string of the molecule is CSc1ccc(C(C#N)=C2C=CC(=NOP(=O)(Oc3ccccc3)Oc3ccccc3)S2)cc1. The molecule has 0 aromatic heterocycles. The van der Waals surface area contributed by atoms with Crippen molar-refractivity contribution in [1.29, 1.82) is 5.26 Å². The van der Waals surface area contributed by atoms with Gasteiger partial charge in [-0.25, -0.2) is 0 Å². The third-order valence-corrected chi connectivity index (χ3v) is 7.35. The molecule has 0 bridgehead atoms. The van der Waals surface area contributed by atoms with Crippen molar-refractivity contribution in [3.05, 3.63) is 108 Å². The Labute approximate surface area is 206 Å². The monoisotopic (exact) mass is 506 g/mol. The number of nitriles is 1. The number of thioether (sulfide) groups is 2. The van der Waals surface area contributed by atoms with Gasteiger partial charge in [-0.3, -0.25) is 4.62 Å². The number of hydrogen-bond donors (Lipinski definition) is 0. The number of nitrogens with zero attached hydrogens (tertiary/aromatic N) is 2. The molecule has 0 aliphatic carbocycles. The number of phosphoric acid groups is 1. The van der Waals surface area contributed by atoms with Gasteiger partial charge in [0.05, 0.1) is 5.57 Å². The fourth-order valence-corrected chi connectivity index (χ4v) is 5.25. The molecule has 0 saturated heterocycles. The quantitative estimate of drug-likeness (QED) is 0.135. The molecule has 6 nitrogen and oxygen atoms in total. The van der Waals surface area contributed by atoms with Gasteiger partial charge in [0.1, 0.15) is 22.6 Å². The zero-order chi connectivity index (χ0) is 23.8. The van der Waals surface area contributed by atoms with Gasteiger partial charge < -0.3 is 9.05 Å². The van der Waals surface area contributed by atoms with Gasteiger partial charge in [-0.05, 0) is 60.4 Å². The van der Waals surface area contributed by atoms with Crippen LogP contribution in [0.1, 0.15) is 5.56 Å². The van der Waals surface area contributed by atoms with Crippen molar-refractivity contribution in [3.8, 4) is 17.6 Å². The number of phosphoric ester groups is 1. The van der Waals surface area contributed by atoms with Crippen molar-refractivity contribution < 1.29 is 18.2 Å². The second-order valence-corrected chi connectivity index (χ2v) is 10.1. The summed E-state index contributed by atoms with van der Waals surface area (Å²) in [5.74, 6) is 0.634. The lowest BCUT2D eigenvalue weighted by atomic mass is 10.1. The minimum atomic E-state index is -4.15. The van der Waals surface area contributed by atoms with Crippen molar-refractivity contribution >= 4 is 42.0 Å². The summed E-state index contributed by atoms with van der Waals surface area (Å²) in [5, 5.41) is 14.1. The standard InChI is InChI=1S/C25H19N2O4PS2/c1-33-22-14-12-19(13-15-22)23(18-26)24-16-17-25(34-24)27-31-32(28,29-20-8-4-2-5-9-20)30-21-10-6-3-7-11-21/h2-17H,1H3. The van der Waals surface area contributed by atoms with Gasteiger partial charge in [0.25, 0.3) is 0 Å². The lowest BCUT2D eigenvalue weighted by molar-refractivity contribution is 0.219. The molecule has 1 heterocycles. The first-order valence-electron chi connectivity index (χ1n) is 10.1. The van der Waals surface area contributed by atoms with E-state index in [1.165, 1.54) is 11.8 Å². The average Bonchev–Trinajstić information content (AvgIpc) is 3.34. The van der Waals surface area contributed by atoms with E-state index in [4.69, 9.17) is 13.7 Å². The van der Waals surface area contributed by atoms with Crippen molar-refractivity contribution in [2.75, 3.05) is 6.26 Å². The highest BCUT2D eigenvalue weighted by Crippen LogP contribution is 2.50. The first-order chi connectivity index (χ1) is 16.6. The molecule has 0 N–H and O–H groups in total. The summed E-state index contributed by atoms with van der Waals surface area (Å²) in [6.07, 6.45) is 5.45. The largest absolute Gasteiger partial charge is 0.668 e. The number of benzene rings is 3. The van der Waals surface area contributed by atoms with E-state index < -0.39 is 7.82 Å². The van der Waals surface area contributed by atoms with Crippen LogP contribution in [0.5, 0.6) is 11.5 Å². The Balaban J connectivity index is 1.54. The summed E-state index contributed by atoms with van der Waals surface area (Å²) < 4.78 is 29.8. The van der Waals surface area contributed by atoms with Gasteiger partial charge in [0.2, 0.25) is 0 Å². The molecule has 0 radical (unpaired) electrons. The van der Waals surface area contributed by atoms with Crippen LogP contribution in [-0.4, -0.2) is 11.3 Å². The van der Waals surface area contributed by atoms with Crippen LogP contribution in [-0.2, 0) is 9.19 Å². The molecule has 3 aromatic carbocycles. The fourth-order valence-electron chi connectivity index (χ4n) is 2.89. The van der Waals surface area contributed by atoms with Crippen LogP contribution in [0, 0.1) is 11.3 Å². The van der Waals surface area contributed by atoms with E-state index in [1.54, 1.807) is 72.4 Å². The first-order valence-corrected chi connectivity index (χ1v) is 13.6. The zero-order valence-corrected chi connectivity index (χ0v) is 20.6. The molecule has 1 aliphatic rings. The molecule has 0 unspecified atom stereocenters. The van der Waals surface area contributed by atoms with Crippen molar-refractivity contribution in [2.24, 2.45) is 5.16 Å². The van der Waals surface area contributed by atoms with Crippen molar-refractivity contribution in [3.63, 3.8) is 0 Å². The minimum Gasteiger partial charge on any atom is -0.385 e. The Morgan fingerprint density at radius 1 is 0.912 bits per heavy atom. The second kappa shape index (κ2) is 11.2. The van der Waals surface area contributed by atoms with E-state index in [1.807, 2.05) is 42.7 Å². The molecule has 0 fully saturated rings. The maximum atomic E-state index is 13.4. The first kappa shape index (κ1) is 23.8. The van der Waals surface area contributed by atoms with Gasteiger partial charge in [-0.1, -0.05) is 65.4 Å². The van der Waals surface area contributed by atoms with E-state index in [2.05, 4.69) is 11.2 Å². The molecular formula is C25H19N2O4PS2. The van der Waals surface area contributed by atoms with E-state index in [9.17, 15) is 9.83 Å². The van der Waals surface area contributed by atoms with Gasteiger partial charge in [-0.15, -0.1) is 11.8 Å². The van der Waals surface area contributed by atoms with Crippen molar-refractivity contribution in [1.82, 2.24) is 0 Å². The summed E-state index contributed by atoms with van der Waals surface area (Å²) in [7, 11) is -4.15. The smallest absolute Gasteiger partial charge is 0.385 e. The van der Waals surface area contributed by atoms with Crippen LogP contribution in [0.15, 0.2) is 112 Å². The number of oxime groups is 1. The number of rotatable bonds is 8. The van der Waals surface area contributed by atoms with Gasteiger partial charge >= 0.3 is 7.82 Å². The molecule has 0 atom stereocenters. The van der Waals surface area contributed by atoms with Crippen LogP contribution in [0.25, 0.3) is 5.57 Å². The van der Waals surface area contributed by atoms with Crippen LogP contribution in [0.4, 0.5) is 0 Å². The fraction of sp³-hybridized carbons (Fsp3) is 0.0400. The molecular weight excluding hydrogens is 487 g/mol. The molecule has 3 aromatic rings. The third-order valence-electron chi connectivity index (χ3n) is 4.48. The Hall–Kier alpha value is -3.37. The summed E-state index contributed by atoms with van der Waals surface area (Å²) >= 11 is 2.87. The summed E-state index contributed by atoms with van der Waals surface area (Å²) in [6.45, 7) is 0. The maximum Gasteiger partial charge on any atom is 0.668 e. The Morgan fingerprint density at radius 2 is 1.50 bits per heavy atom. The molecule has 34 heavy (non-hydrogen) atoms. The Bertz CT molecular complexity index is 1270. The number of allylic oxidation sites excluding steroid dienone is 2. The van der Waals surface area contributed by atoms with Crippen LogP contribution < -0.4 is 9.05 Å². The Kier molecular flexibility index (Phi) is 7.81.